The number of hydrogen-bond acceptors (Lipinski definition) is 6. The van der Waals surface area contributed by atoms with E-state index < -0.39 is 16.1 Å². The molecular weight excluding hydrogens is 482 g/mol. The Morgan fingerprint density at radius 3 is 2.31 bits per heavy atom. The Hall–Kier alpha value is -2.00. The van der Waals surface area contributed by atoms with Crippen LogP contribution in [0.4, 0.5) is 0 Å². The summed E-state index contributed by atoms with van der Waals surface area (Å²) in [5.74, 6) is -0.382. The zero-order valence-electron chi connectivity index (χ0n) is 21.8. The van der Waals surface area contributed by atoms with Crippen LogP contribution in [0, 0.1) is 12.3 Å². The van der Waals surface area contributed by atoms with Crippen LogP contribution in [0.1, 0.15) is 69.1 Å². The molecule has 192 valence electrons. The van der Waals surface area contributed by atoms with Gasteiger partial charge in [0.1, 0.15) is 0 Å². The molecule has 0 saturated heterocycles. The van der Waals surface area contributed by atoms with Crippen molar-refractivity contribution >= 4 is 32.9 Å². The molecule has 0 spiro atoms. The van der Waals surface area contributed by atoms with E-state index in [1.54, 1.807) is 30.4 Å². The van der Waals surface area contributed by atoms with Crippen molar-refractivity contribution in [3.63, 3.8) is 0 Å². The van der Waals surface area contributed by atoms with Gasteiger partial charge in [-0.05, 0) is 68.7 Å². The van der Waals surface area contributed by atoms with E-state index >= 15 is 0 Å². The lowest BCUT2D eigenvalue weighted by molar-refractivity contribution is -0.157. The molecule has 6 nitrogen and oxygen atoms in total. The topological polar surface area (TPSA) is 72.9 Å². The van der Waals surface area contributed by atoms with Crippen molar-refractivity contribution < 1.29 is 22.7 Å². The molecular formula is C27H37NO5S2. The number of carbonyl (C=O) groups excluding carboxylic acids is 1. The van der Waals surface area contributed by atoms with E-state index in [4.69, 9.17) is 9.47 Å². The molecule has 0 aliphatic heterocycles. The molecule has 1 unspecified atom stereocenters. The van der Waals surface area contributed by atoms with Crippen molar-refractivity contribution in [1.82, 2.24) is 4.31 Å². The summed E-state index contributed by atoms with van der Waals surface area (Å²) in [6, 6.07) is 6.99. The second-order valence-corrected chi connectivity index (χ2v) is 13.1. The Morgan fingerprint density at radius 2 is 1.80 bits per heavy atom. The Kier molecular flexibility index (Phi) is 8.63. The van der Waals surface area contributed by atoms with Gasteiger partial charge in [-0.1, -0.05) is 32.1 Å². The maximum absolute atomic E-state index is 13.0. The quantitative estimate of drug-likeness (QED) is 0.368. The van der Waals surface area contributed by atoms with E-state index in [0.717, 1.165) is 45.7 Å². The number of sulfonamides is 1. The van der Waals surface area contributed by atoms with Gasteiger partial charge in [-0.15, -0.1) is 11.3 Å². The summed E-state index contributed by atoms with van der Waals surface area (Å²) < 4.78 is 37.7. The summed E-state index contributed by atoms with van der Waals surface area (Å²) in [5.41, 5.74) is 4.25. The first kappa shape index (κ1) is 27.6. The highest BCUT2D eigenvalue weighted by Gasteiger charge is 2.33. The van der Waals surface area contributed by atoms with E-state index in [9.17, 15) is 13.2 Å². The third-order valence-electron chi connectivity index (χ3n) is 6.42. The average Bonchev–Trinajstić information content (AvgIpc) is 3.14. The minimum absolute atomic E-state index is 0.234. The lowest BCUT2D eigenvalue weighted by Crippen LogP contribution is -2.22. The number of rotatable bonds is 9. The van der Waals surface area contributed by atoms with Crippen molar-refractivity contribution in [3.8, 4) is 10.4 Å². The van der Waals surface area contributed by atoms with Gasteiger partial charge in [0.15, 0.2) is 6.10 Å². The molecule has 0 bridgehead atoms. The van der Waals surface area contributed by atoms with Gasteiger partial charge in [-0.25, -0.2) is 17.5 Å². The fourth-order valence-corrected chi connectivity index (χ4v) is 6.47. The van der Waals surface area contributed by atoms with Crippen LogP contribution in [0.2, 0.25) is 0 Å². The number of ether oxygens (including phenoxy) is 2. The predicted octanol–water partition coefficient (Wildman–Crippen LogP) is 6.21. The van der Waals surface area contributed by atoms with Gasteiger partial charge in [0.05, 0.1) is 11.5 Å². The molecule has 3 rings (SSSR count). The molecule has 1 aliphatic rings. The van der Waals surface area contributed by atoms with Gasteiger partial charge in [-0.3, -0.25) is 0 Å². The van der Waals surface area contributed by atoms with Crippen molar-refractivity contribution in [1.29, 1.82) is 0 Å². The van der Waals surface area contributed by atoms with Crippen molar-refractivity contribution in [3.05, 3.63) is 46.3 Å². The first-order valence-electron chi connectivity index (χ1n) is 12.1. The summed E-state index contributed by atoms with van der Waals surface area (Å²) in [6.07, 6.45) is 4.39. The lowest BCUT2D eigenvalue weighted by atomic mass is 9.76. The summed E-state index contributed by atoms with van der Waals surface area (Å²) in [4.78, 5) is 15.2. The maximum Gasteiger partial charge on any atom is 0.339 e. The van der Waals surface area contributed by atoms with Gasteiger partial charge < -0.3 is 9.47 Å². The number of nitrogens with zero attached hydrogens (tertiary/aromatic N) is 1. The van der Waals surface area contributed by atoms with Crippen molar-refractivity contribution in [2.45, 2.75) is 64.9 Å². The van der Waals surface area contributed by atoms with Crippen molar-refractivity contribution in [2.75, 3.05) is 27.3 Å². The monoisotopic (exact) mass is 519 g/mol. The summed E-state index contributed by atoms with van der Waals surface area (Å²) in [7, 11) is -0.468. The Labute approximate surface area is 214 Å². The molecule has 35 heavy (non-hydrogen) atoms. The smallest absolute Gasteiger partial charge is 0.339 e. The number of allylic oxidation sites excluding steroid dienone is 2. The fourth-order valence-electron chi connectivity index (χ4n) is 4.34. The third-order valence-corrected chi connectivity index (χ3v) is 9.41. The highest BCUT2D eigenvalue weighted by atomic mass is 32.2. The Balaban J connectivity index is 2.20. The van der Waals surface area contributed by atoms with E-state index in [0.29, 0.717) is 6.61 Å². The normalized spacial score (nSPS) is 16.7. The molecule has 1 aromatic carbocycles. The molecule has 0 radical (unpaired) electrons. The van der Waals surface area contributed by atoms with Crippen LogP contribution in [0.25, 0.3) is 16.0 Å². The number of hydrogen-bond donors (Lipinski definition) is 0. The second kappa shape index (κ2) is 10.9. The van der Waals surface area contributed by atoms with Gasteiger partial charge in [0.25, 0.3) is 0 Å². The molecule has 1 heterocycles. The van der Waals surface area contributed by atoms with Crippen molar-refractivity contribution in [2.24, 2.45) is 5.41 Å². The molecule has 0 fully saturated rings. The zero-order chi connectivity index (χ0) is 26.0. The minimum Gasteiger partial charge on any atom is -0.464 e. The van der Waals surface area contributed by atoms with Crippen LogP contribution < -0.4 is 0 Å². The number of carbonyl (C=O) groups is 1. The van der Waals surface area contributed by atoms with Crippen LogP contribution in [-0.2, 0) is 24.3 Å². The number of thiophene rings is 1. The minimum atomic E-state index is -3.52. The van der Waals surface area contributed by atoms with Crippen LogP contribution >= 0.6 is 11.3 Å². The highest BCUT2D eigenvalue weighted by molar-refractivity contribution is 7.89. The van der Waals surface area contributed by atoms with Crippen LogP contribution in [-0.4, -0.2) is 46.0 Å². The zero-order valence-corrected chi connectivity index (χ0v) is 23.4. The summed E-state index contributed by atoms with van der Waals surface area (Å²) >= 11 is 1.61. The maximum atomic E-state index is 13.0. The van der Waals surface area contributed by atoms with E-state index in [1.807, 2.05) is 26.0 Å². The first-order valence-corrected chi connectivity index (χ1v) is 14.3. The summed E-state index contributed by atoms with van der Waals surface area (Å²) in [6.45, 7) is 10.9. The number of benzene rings is 1. The van der Waals surface area contributed by atoms with Gasteiger partial charge in [-0.2, -0.15) is 0 Å². The highest BCUT2D eigenvalue weighted by Crippen LogP contribution is 2.48. The number of aryl methyl sites for hydroxylation is 1. The van der Waals surface area contributed by atoms with E-state index in [2.05, 4.69) is 19.9 Å². The molecule has 1 aliphatic carbocycles. The third kappa shape index (κ3) is 5.88. The molecule has 0 amide bonds. The fraction of sp³-hybridized carbons (Fsp3) is 0.519. The standard InChI is InChI=1S/C27H37NO5S2/c1-8-32-24(26(29)33-9-2)22-18(3)34-25(23(22)19-14-16-27(4,5)17-15-19)20-10-12-21(13-11-20)35(30,31)28(6)7/h10-14,24H,8-9,15-17H2,1-7H3. The molecule has 8 heteroatoms. The first-order chi connectivity index (χ1) is 16.4. The van der Waals surface area contributed by atoms with Crippen LogP contribution in [0.15, 0.2) is 35.2 Å². The van der Waals surface area contributed by atoms with E-state index in [-0.39, 0.29) is 22.9 Å². The molecule has 0 saturated carbocycles. The molecule has 1 aromatic heterocycles. The number of esters is 1. The molecule has 2 aromatic rings. The lowest BCUT2D eigenvalue weighted by Gasteiger charge is -2.30. The predicted molar refractivity (Wildman–Crippen MR) is 142 cm³/mol. The van der Waals surface area contributed by atoms with Gasteiger partial charge >= 0.3 is 5.97 Å². The molecule has 1 atom stereocenters. The van der Waals surface area contributed by atoms with Gasteiger partial charge in [0.2, 0.25) is 10.0 Å². The second-order valence-electron chi connectivity index (χ2n) is 9.77. The SMILES string of the molecule is CCOC(=O)C(OCC)c1c(C)sc(-c2ccc(S(=O)(=O)N(C)C)cc2)c1C1=CCC(C)(C)CC1. The van der Waals surface area contributed by atoms with Crippen LogP contribution in [0.5, 0.6) is 0 Å². The average molecular weight is 520 g/mol. The Morgan fingerprint density at radius 1 is 1.14 bits per heavy atom. The van der Waals surface area contributed by atoms with Crippen LogP contribution in [0.3, 0.4) is 0 Å². The molecule has 0 N–H and O–H groups in total. The van der Waals surface area contributed by atoms with Gasteiger partial charge in [0, 0.05) is 41.6 Å². The largest absolute Gasteiger partial charge is 0.464 e. The van der Waals surface area contributed by atoms with E-state index in [1.165, 1.54) is 24.0 Å². The summed E-state index contributed by atoms with van der Waals surface area (Å²) in [5, 5.41) is 0. The Bertz CT molecular complexity index is 1190.